The van der Waals surface area contributed by atoms with Crippen molar-refractivity contribution in [2.45, 2.75) is 25.8 Å². The average Bonchev–Trinajstić information content (AvgIpc) is 2.47. The van der Waals surface area contributed by atoms with Crippen molar-refractivity contribution in [1.82, 2.24) is 9.88 Å². The van der Waals surface area contributed by atoms with Crippen LogP contribution in [0.25, 0.3) is 0 Å². The zero-order valence-corrected chi connectivity index (χ0v) is 12.5. The number of carbonyl (C=O) groups excluding carboxylic acids is 1. The lowest BCUT2D eigenvalue weighted by Gasteiger charge is -2.39. The molecule has 1 saturated heterocycles. The number of carbonyl (C=O) groups is 1. The SMILES string of the molecule is CC1CCC(CN)CN1c1ccnc(C(=O)N(C)C)c1. The average molecular weight is 276 g/mol. The fraction of sp³-hybridized carbons (Fsp3) is 0.600. The van der Waals surface area contributed by atoms with Crippen LogP contribution in [0.1, 0.15) is 30.3 Å². The topological polar surface area (TPSA) is 62.5 Å². The summed E-state index contributed by atoms with van der Waals surface area (Å²) in [6, 6.07) is 4.34. The molecule has 2 rings (SSSR count). The van der Waals surface area contributed by atoms with Gasteiger partial charge in [-0.15, -0.1) is 0 Å². The van der Waals surface area contributed by atoms with Gasteiger partial charge in [0, 0.05) is 38.6 Å². The van der Waals surface area contributed by atoms with E-state index in [1.807, 2.05) is 12.1 Å². The molecule has 1 fully saturated rings. The van der Waals surface area contributed by atoms with Gasteiger partial charge in [0.05, 0.1) is 0 Å². The second kappa shape index (κ2) is 6.22. The summed E-state index contributed by atoms with van der Waals surface area (Å²) in [5.41, 5.74) is 7.37. The van der Waals surface area contributed by atoms with E-state index < -0.39 is 0 Å². The molecule has 2 atom stereocenters. The summed E-state index contributed by atoms with van der Waals surface area (Å²) < 4.78 is 0. The molecule has 0 bridgehead atoms. The van der Waals surface area contributed by atoms with E-state index in [2.05, 4.69) is 16.8 Å². The number of hydrogen-bond donors (Lipinski definition) is 1. The minimum atomic E-state index is -0.0631. The van der Waals surface area contributed by atoms with Crippen molar-refractivity contribution in [3.63, 3.8) is 0 Å². The number of hydrogen-bond acceptors (Lipinski definition) is 4. The first-order chi connectivity index (χ1) is 9.52. The Balaban J connectivity index is 2.23. The Morgan fingerprint density at radius 1 is 1.50 bits per heavy atom. The van der Waals surface area contributed by atoms with Crippen LogP contribution in [0.5, 0.6) is 0 Å². The number of nitrogens with zero attached hydrogens (tertiary/aromatic N) is 3. The van der Waals surface area contributed by atoms with Crippen LogP contribution in [0.4, 0.5) is 5.69 Å². The number of piperidine rings is 1. The molecule has 5 heteroatoms. The molecule has 0 radical (unpaired) electrons. The number of anilines is 1. The van der Waals surface area contributed by atoms with Gasteiger partial charge >= 0.3 is 0 Å². The lowest BCUT2D eigenvalue weighted by atomic mass is 9.93. The van der Waals surface area contributed by atoms with Crippen molar-refractivity contribution in [1.29, 1.82) is 0 Å². The van der Waals surface area contributed by atoms with Crippen molar-refractivity contribution >= 4 is 11.6 Å². The van der Waals surface area contributed by atoms with Gasteiger partial charge < -0.3 is 15.5 Å². The molecule has 110 valence electrons. The summed E-state index contributed by atoms with van der Waals surface area (Å²) in [7, 11) is 3.48. The Labute approximate surface area is 120 Å². The monoisotopic (exact) mass is 276 g/mol. The highest BCUT2D eigenvalue weighted by molar-refractivity contribution is 5.92. The van der Waals surface area contributed by atoms with Gasteiger partial charge in [-0.05, 0) is 44.4 Å². The molecule has 2 unspecified atom stereocenters. The first-order valence-corrected chi connectivity index (χ1v) is 7.17. The Morgan fingerprint density at radius 3 is 2.90 bits per heavy atom. The van der Waals surface area contributed by atoms with Crippen molar-refractivity contribution < 1.29 is 4.79 Å². The van der Waals surface area contributed by atoms with E-state index in [-0.39, 0.29) is 5.91 Å². The Hall–Kier alpha value is -1.62. The molecule has 0 saturated carbocycles. The number of pyridine rings is 1. The largest absolute Gasteiger partial charge is 0.368 e. The summed E-state index contributed by atoms with van der Waals surface area (Å²) >= 11 is 0. The van der Waals surface area contributed by atoms with E-state index >= 15 is 0 Å². The highest BCUT2D eigenvalue weighted by atomic mass is 16.2. The molecule has 5 nitrogen and oxygen atoms in total. The summed E-state index contributed by atoms with van der Waals surface area (Å²) in [4.78, 5) is 20.1. The molecule has 1 aliphatic heterocycles. The van der Waals surface area contributed by atoms with Crippen LogP contribution in [0.15, 0.2) is 18.3 Å². The van der Waals surface area contributed by atoms with Crippen LogP contribution in [0, 0.1) is 5.92 Å². The molecule has 0 aromatic carbocycles. The molecule has 1 aromatic rings. The highest BCUT2D eigenvalue weighted by Crippen LogP contribution is 2.27. The van der Waals surface area contributed by atoms with Crippen molar-refractivity contribution in [3.05, 3.63) is 24.0 Å². The van der Waals surface area contributed by atoms with Crippen molar-refractivity contribution in [2.75, 3.05) is 32.1 Å². The van der Waals surface area contributed by atoms with Crippen molar-refractivity contribution in [2.24, 2.45) is 11.7 Å². The van der Waals surface area contributed by atoms with E-state index in [4.69, 9.17) is 5.73 Å². The number of aromatic nitrogens is 1. The van der Waals surface area contributed by atoms with Crippen LogP contribution in [0.2, 0.25) is 0 Å². The fourth-order valence-corrected chi connectivity index (χ4v) is 2.68. The van der Waals surface area contributed by atoms with Gasteiger partial charge in [0.25, 0.3) is 5.91 Å². The molecular formula is C15H24N4O. The summed E-state index contributed by atoms with van der Waals surface area (Å²) in [6.45, 7) is 3.90. The molecule has 2 heterocycles. The Morgan fingerprint density at radius 2 is 2.25 bits per heavy atom. The van der Waals surface area contributed by atoms with Crippen LogP contribution >= 0.6 is 0 Å². The third kappa shape index (κ3) is 3.10. The van der Waals surface area contributed by atoms with Crippen LogP contribution in [0.3, 0.4) is 0 Å². The molecule has 2 N–H and O–H groups in total. The number of rotatable bonds is 3. The maximum atomic E-state index is 12.0. The second-order valence-electron chi connectivity index (χ2n) is 5.78. The van der Waals surface area contributed by atoms with Gasteiger partial charge in [-0.2, -0.15) is 0 Å². The van der Waals surface area contributed by atoms with Gasteiger partial charge in [0.1, 0.15) is 5.69 Å². The van der Waals surface area contributed by atoms with E-state index in [0.29, 0.717) is 17.7 Å². The zero-order valence-electron chi connectivity index (χ0n) is 12.5. The minimum Gasteiger partial charge on any atom is -0.368 e. The Kier molecular flexibility index (Phi) is 4.60. The maximum absolute atomic E-state index is 12.0. The third-order valence-corrected chi connectivity index (χ3v) is 4.01. The standard InChI is InChI=1S/C15H24N4O/c1-11-4-5-12(9-16)10-19(11)13-6-7-17-14(8-13)15(20)18(2)3/h6-8,11-12H,4-5,9-10,16H2,1-3H3. The molecule has 1 aliphatic rings. The molecule has 1 aromatic heterocycles. The molecule has 0 spiro atoms. The zero-order chi connectivity index (χ0) is 14.7. The second-order valence-corrected chi connectivity index (χ2v) is 5.78. The van der Waals surface area contributed by atoms with Gasteiger partial charge in [0.2, 0.25) is 0 Å². The van der Waals surface area contributed by atoms with E-state index in [1.165, 1.54) is 6.42 Å². The van der Waals surface area contributed by atoms with Crippen LogP contribution in [-0.4, -0.2) is 49.0 Å². The molecule has 20 heavy (non-hydrogen) atoms. The van der Waals surface area contributed by atoms with E-state index in [0.717, 1.165) is 25.2 Å². The predicted molar refractivity (Wildman–Crippen MR) is 80.8 cm³/mol. The van der Waals surface area contributed by atoms with E-state index in [1.54, 1.807) is 25.2 Å². The maximum Gasteiger partial charge on any atom is 0.272 e. The molecule has 0 aliphatic carbocycles. The van der Waals surface area contributed by atoms with Gasteiger partial charge in [-0.3, -0.25) is 9.78 Å². The predicted octanol–water partition coefficient (Wildman–Crippen LogP) is 1.35. The number of amides is 1. The van der Waals surface area contributed by atoms with Crippen LogP contribution < -0.4 is 10.6 Å². The minimum absolute atomic E-state index is 0.0631. The lowest BCUT2D eigenvalue weighted by molar-refractivity contribution is 0.0822. The summed E-state index contributed by atoms with van der Waals surface area (Å²) in [6.07, 6.45) is 4.04. The Bertz CT molecular complexity index is 475. The van der Waals surface area contributed by atoms with Crippen molar-refractivity contribution in [3.8, 4) is 0 Å². The third-order valence-electron chi connectivity index (χ3n) is 4.01. The normalized spacial score (nSPS) is 22.7. The summed E-state index contributed by atoms with van der Waals surface area (Å²) in [5, 5.41) is 0. The first-order valence-electron chi connectivity index (χ1n) is 7.17. The first kappa shape index (κ1) is 14.8. The van der Waals surface area contributed by atoms with Gasteiger partial charge in [-0.25, -0.2) is 0 Å². The van der Waals surface area contributed by atoms with E-state index in [9.17, 15) is 4.79 Å². The fourth-order valence-electron chi connectivity index (χ4n) is 2.68. The van der Waals surface area contributed by atoms with Crippen LogP contribution in [-0.2, 0) is 0 Å². The molecule has 1 amide bonds. The summed E-state index contributed by atoms with van der Waals surface area (Å²) in [5.74, 6) is 0.472. The smallest absolute Gasteiger partial charge is 0.272 e. The number of nitrogens with two attached hydrogens (primary N) is 1. The highest BCUT2D eigenvalue weighted by Gasteiger charge is 2.25. The lowest BCUT2D eigenvalue weighted by Crippen LogP contribution is -2.44. The molecular weight excluding hydrogens is 252 g/mol. The van der Waals surface area contributed by atoms with Gasteiger partial charge in [-0.1, -0.05) is 0 Å². The quantitative estimate of drug-likeness (QED) is 0.905. The van der Waals surface area contributed by atoms with Gasteiger partial charge in [0.15, 0.2) is 0 Å².